The van der Waals surface area contributed by atoms with Gasteiger partial charge in [0, 0.05) is 12.0 Å². The first-order valence-corrected chi connectivity index (χ1v) is 8.02. The van der Waals surface area contributed by atoms with Crippen LogP contribution in [0.4, 0.5) is 0 Å². The standard InChI is InChI=1S/C19H28O/c1-19(2,3)14-16-9-7-8-15(12-16)13-18(20)17-10-5-4-6-11-17/h4-6,10-11,15-16H,7-9,12-14H2,1-3H3. The van der Waals surface area contributed by atoms with Gasteiger partial charge in [-0.15, -0.1) is 0 Å². The number of benzene rings is 1. The second-order valence-electron chi connectivity index (χ2n) is 7.66. The number of rotatable bonds is 4. The van der Waals surface area contributed by atoms with Gasteiger partial charge in [-0.25, -0.2) is 0 Å². The highest BCUT2D eigenvalue weighted by atomic mass is 16.1. The second kappa shape index (κ2) is 6.56. The molecule has 2 unspecified atom stereocenters. The summed E-state index contributed by atoms with van der Waals surface area (Å²) in [6.07, 6.45) is 7.17. The van der Waals surface area contributed by atoms with Gasteiger partial charge in [-0.1, -0.05) is 63.9 Å². The van der Waals surface area contributed by atoms with Crippen LogP contribution in [0.5, 0.6) is 0 Å². The summed E-state index contributed by atoms with van der Waals surface area (Å²) in [6.45, 7) is 6.98. The largest absolute Gasteiger partial charge is 0.294 e. The number of Topliss-reactive ketones (excluding diaryl/α,β-unsaturated/α-hetero) is 1. The number of hydrogen-bond donors (Lipinski definition) is 0. The van der Waals surface area contributed by atoms with Gasteiger partial charge in [-0.05, 0) is 36.5 Å². The Morgan fingerprint density at radius 3 is 2.40 bits per heavy atom. The van der Waals surface area contributed by atoms with Gasteiger partial charge in [0.05, 0.1) is 0 Å². The zero-order valence-corrected chi connectivity index (χ0v) is 13.2. The molecule has 0 saturated heterocycles. The van der Waals surface area contributed by atoms with Crippen LogP contribution in [0, 0.1) is 17.3 Å². The predicted molar refractivity (Wildman–Crippen MR) is 84.9 cm³/mol. The van der Waals surface area contributed by atoms with E-state index in [1.807, 2.05) is 30.3 Å². The van der Waals surface area contributed by atoms with Crippen LogP contribution in [0.15, 0.2) is 30.3 Å². The van der Waals surface area contributed by atoms with Crippen LogP contribution in [-0.4, -0.2) is 5.78 Å². The lowest BCUT2D eigenvalue weighted by molar-refractivity contribution is 0.0931. The van der Waals surface area contributed by atoms with Crippen molar-refractivity contribution < 1.29 is 4.79 Å². The fourth-order valence-electron chi connectivity index (χ4n) is 3.64. The molecule has 1 nitrogen and oxygen atoms in total. The van der Waals surface area contributed by atoms with Crippen molar-refractivity contribution in [2.24, 2.45) is 17.3 Å². The van der Waals surface area contributed by atoms with Crippen LogP contribution in [0.3, 0.4) is 0 Å². The van der Waals surface area contributed by atoms with E-state index in [4.69, 9.17) is 0 Å². The molecule has 0 heterocycles. The lowest BCUT2D eigenvalue weighted by Crippen LogP contribution is -2.22. The minimum Gasteiger partial charge on any atom is -0.294 e. The third-order valence-electron chi connectivity index (χ3n) is 4.36. The van der Waals surface area contributed by atoms with Crippen LogP contribution in [-0.2, 0) is 0 Å². The second-order valence-corrected chi connectivity index (χ2v) is 7.66. The highest BCUT2D eigenvalue weighted by molar-refractivity contribution is 5.96. The summed E-state index contributed by atoms with van der Waals surface area (Å²) in [5.41, 5.74) is 1.29. The van der Waals surface area contributed by atoms with Gasteiger partial charge >= 0.3 is 0 Å². The molecular formula is C19H28O. The summed E-state index contributed by atoms with van der Waals surface area (Å²) in [5, 5.41) is 0. The van der Waals surface area contributed by atoms with Crippen molar-refractivity contribution in [2.45, 2.75) is 59.3 Å². The first-order valence-electron chi connectivity index (χ1n) is 8.02. The summed E-state index contributed by atoms with van der Waals surface area (Å²) in [4.78, 5) is 12.3. The van der Waals surface area contributed by atoms with E-state index in [-0.39, 0.29) is 0 Å². The number of carbonyl (C=O) groups excluding carboxylic acids is 1. The smallest absolute Gasteiger partial charge is 0.163 e. The molecule has 0 aromatic heterocycles. The Bertz CT molecular complexity index is 427. The highest BCUT2D eigenvalue weighted by Crippen LogP contribution is 2.38. The maximum Gasteiger partial charge on any atom is 0.163 e. The maximum absolute atomic E-state index is 12.3. The zero-order valence-electron chi connectivity index (χ0n) is 13.2. The van der Waals surface area contributed by atoms with Crippen molar-refractivity contribution in [3.63, 3.8) is 0 Å². The molecule has 1 aliphatic carbocycles. The molecule has 1 aromatic carbocycles. The third kappa shape index (κ3) is 4.77. The molecule has 0 N–H and O–H groups in total. The minimum atomic E-state index is 0.326. The molecule has 20 heavy (non-hydrogen) atoms. The molecule has 0 spiro atoms. The van der Waals surface area contributed by atoms with Gasteiger partial charge in [0.1, 0.15) is 0 Å². The Hall–Kier alpha value is -1.11. The molecular weight excluding hydrogens is 244 g/mol. The Labute approximate surface area is 123 Å². The van der Waals surface area contributed by atoms with Gasteiger partial charge in [0.15, 0.2) is 5.78 Å². The van der Waals surface area contributed by atoms with Crippen molar-refractivity contribution in [1.29, 1.82) is 0 Å². The molecule has 1 saturated carbocycles. The monoisotopic (exact) mass is 272 g/mol. The average Bonchev–Trinajstić information content (AvgIpc) is 2.38. The van der Waals surface area contributed by atoms with Crippen molar-refractivity contribution in [3.05, 3.63) is 35.9 Å². The van der Waals surface area contributed by atoms with E-state index in [9.17, 15) is 4.79 Å². The summed E-state index contributed by atoms with van der Waals surface area (Å²) in [5.74, 6) is 1.74. The van der Waals surface area contributed by atoms with Crippen molar-refractivity contribution in [1.82, 2.24) is 0 Å². The van der Waals surface area contributed by atoms with E-state index in [1.54, 1.807) is 0 Å². The lowest BCUT2D eigenvalue weighted by atomic mass is 9.72. The maximum atomic E-state index is 12.3. The first-order chi connectivity index (χ1) is 9.44. The Balaban J connectivity index is 1.88. The Kier molecular flexibility index (Phi) is 5.01. The molecule has 1 heteroatoms. The lowest BCUT2D eigenvalue weighted by Gasteiger charge is -2.33. The van der Waals surface area contributed by atoms with Crippen LogP contribution in [0.25, 0.3) is 0 Å². The van der Waals surface area contributed by atoms with Crippen molar-refractivity contribution in [2.75, 3.05) is 0 Å². The Morgan fingerprint density at radius 1 is 1.10 bits per heavy atom. The predicted octanol–water partition coefficient (Wildman–Crippen LogP) is 5.50. The SMILES string of the molecule is CC(C)(C)CC1CCCC(CC(=O)c2ccccc2)C1. The molecule has 0 bridgehead atoms. The first kappa shape index (κ1) is 15.3. The summed E-state index contributed by atoms with van der Waals surface area (Å²) >= 11 is 0. The van der Waals surface area contributed by atoms with Crippen molar-refractivity contribution in [3.8, 4) is 0 Å². The van der Waals surface area contributed by atoms with Crippen LogP contribution >= 0.6 is 0 Å². The molecule has 1 aromatic rings. The fraction of sp³-hybridized carbons (Fsp3) is 0.632. The Morgan fingerprint density at radius 2 is 1.75 bits per heavy atom. The molecule has 1 fully saturated rings. The molecule has 2 rings (SSSR count). The van der Waals surface area contributed by atoms with E-state index in [1.165, 1.54) is 32.1 Å². The summed E-state index contributed by atoms with van der Waals surface area (Å²) in [6, 6.07) is 9.76. The molecule has 0 amide bonds. The van der Waals surface area contributed by atoms with E-state index in [2.05, 4.69) is 20.8 Å². The van der Waals surface area contributed by atoms with E-state index >= 15 is 0 Å². The normalized spacial score (nSPS) is 23.6. The molecule has 1 aliphatic rings. The fourth-order valence-corrected chi connectivity index (χ4v) is 3.64. The van der Waals surface area contributed by atoms with Gasteiger partial charge < -0.3 is 0 Å². The number of carbonyl (C=O) groups is 1. The number of ketones is 1. The van der Waals surface area contributed by atoms with E-state index < -0.39 is 0 Å². The molecule has 0 radical (unpaired) electrons. The minimum absolute atomic E-state index is 0.326. The average molecular weight is 272 g/mol. The van der Waals surface area contributed by atoms with E-state index in [0.29, 0.717) is 17.1 Å². The van der Waals surface area contributed by atoms with Gasteiger partial charge in [-0.2, -0.15) is 0 Å². The van der Waals surface area contributed by atoms with E-state index in [0.717, 1.165) is 17.9 Å². The number of hydrogen-bond acceptors (Lipinski definition) is 1. The van der Waals surface area contributed by atoms with Gasteiger partial charge in [0.2, 0.25) is 0 Å². The van der Waals surface area contributed by atoms with Crippen LogP contribution in [0.1, 0.15) is 69.7 Å². The van der Waals surface area contributed by atoms with Crippen molar-refractivity contribution >= 4 is 5.78 Å². The molecule has 0 aliphatic heterocycles. The quantitative estimate of drug-likeness (QED) is 0.661. The summed E-state index contributed by atoms with van der Waals surface area (Å²) in [7, 11) is 0. The van der Waals surface area contributed by atoms with Crippen LogP contribution in [0.2, 0.25) is 0 Å². The van der Waals surface area contributed by atoms with Gasteiger partial charge in [0.25, 0.3) is 0 Å². The highest BCUT2D eigenvalue weighted by Gasteiger charge is 2.27. The zero-order chi connectivity index (χ0) is 14.6. The third-order valence-corrected chi connectivity index (χ3v) is 4.36. The molecule has 110 valence electrons. The van der Waals surface area contributed by atoms with Gasteiger partial charge in [-0.3, -0.25) is 4.79 Å². The van der Waals surface area contributed by atoms with Crippen LogP contribution < -0.4 is 0 Å². The topological polar surface area (TPSA) is 17.1 Å². The summed E-state index contributed by atoms with van der Waals surface area (Å²) < 4.78 is 0. The molecule has 2 atom stereocenters.